The molecule has 1 rings (SSSR count). The second-order valence-electron chi connectivity index (χ2n) is 7.73. The minimum atomic E-state index is -1.78. The van der Waals surface area contributed by atoms with Crippen LogP contribution in [0.3, 0.4) is 0 Å². The molecule has 0 saturated carbocycles. The minimum Gasteiger partial charge on any atom is -0.469 e. The highest BCUT2D eigenvalue weighted by molar-refractivity contribution is 6.80. The van der Waals surface area contributed by atoms with Crippen LogP contribution >= 0.6 is 0 Å². The summed E-state index contributed by atoms with van der Waals surface area (Å²) >= 11 is 0. The van der Waals surface area contributed by atoms with Gasteiger partial charge in [0.1, 0.15) is 0 Å². The average molecular weight is 339 g/mol. The van der Waals surface area contributed by atoms with Crippen molar-refractivity contribution in [2.75, 3.05) is 7.11 Å². The molecule has 0 aromatic heterocycles. The molecule has 3 nitrogen and oxygen atoms in total. The Kier molecular flexibility index (Phi) is 6.18. The largest absolute Gasteiger partial charge is 0.469 e. The lowest BCUT2D eigenvalue weighted by molar-refractivity contribution is -0.141. The van der Waals surface area contributed by atoms with Gasteiger partial charge < -0.3 is 9.16 Å². The third-order valence-electron chi connectivity index (χ3n) is 3.84. The van der Waals surface area contributed by atoms with Crippen molar-refractivity contribution in [1.82, 2.24) is 0 Å². The Morgan fingerprint density at radius 3 is 2.00 bits per heavy atom. The Morgan fingerprint density at radius 1 is 1.05 bits per heavy atom. The molecule has 0 aliphatic rings. The predicted octanol–water partition coefficient (Wildman–Crippen LogP) is 4.56. The van der Waals surface area contributed by atoms with Crippen molar-refractivity contribution in [2.45, 2.75) is 57.3 Å². The van der Waals surface area contributed by atoms with Gasteiger partial charge in [0.2, 0.25) is 0 Å². The van der Waals surface area contributed by atoms with Gasteiger partial charge >= 0.3 is 5.97 Å². The first kappa shape index (κ1) is 19.1. The zero-order valence-electron chi connectivity index (χ0n) is 15.0. The molecule has 0 bridgehead atoms. The molecule has 0 saturated heterocycles. The van der Waals surface area contributed by atoms with Crippen LogP contribution in [0.1, 0.15) is 18.4 Å². The van der Waals surface area contributed by atoms with E-state index in [0.29, 0.717) is 12.8 Å². The summed E-state index contributed by atoms with van der Waals surface area (Å²) in [5.74, 6) is -0.169. The molecule has 0 heterocycles. The second-order valence-corrected chi connectivity index (χ2v) is 17.5. The van der Waals surface area contributed by atoms with Crippen molar-refractivity contribution < 1.29 is 14.0 Å². The van der Waals surface area contributed by atoms with E-state index in [1.165, 1.54) is 12.7 Å². The van der Waals surface area contributed by atoms with E-state index in [9.17, 15) is 4.79 Å². The van der Waals surface area contributed by atoms with E-state index in [0.717, 1.165) is 0 Å². The topological polar surface area (TPSA) is 35.5 Å². The van der Waals surface area contributed by atoms with Crippen LogP contribution in [0.25, 0.3) is 0 Å². The maximum absolute atomic E-state index is 11.7. The summed E-state index contributed by atoms with van der Waals surface area (Å²) in [6, 6.07) is 10.4. The molecule has 22 heavy (non-hydrogen) atoms. The number of ether oxygens (including phenoxy) is 1. The summed E-state index contributed by atoms with van der Waals surface area (Å²) in [5.41, 5.74) is 1.19. The third kappa shape index (κ3) is 4.79. The monoisotopic (exact) mass is 338 g/mol. The molecule has 1 unspecified atom stereocenters. The van der Waals surface area contributed by atoms with Crippen molar-refractivity contribution >= 4 is 22.4 Å². The number of hydrogen-bond acceptors (Lipinski definition) is 3. The standard InChI is InChI=1S/C17H30O3Si2/c1-19-16(18)13-14-17(21(2,3)4,20-22(5,6)7)15-11-9-8-10-12-15/h8-12H,13-14H2,1-7H3. The number of methoxy groups -OCH3 is 1. The number of carbonyl (C=O) groups is 1. The first-order valence-corrected chi connectivity index (χ1v) is 14.8. The Labute approximate surface area is 137 Å². The van der Waals surface area contributed by atoms with Gasteiger partial charge in [0.05, 0.1) is 20.4 Å². The lowest BCUT2D eigenvalue weighted by Gasteiger charge is -2.48. The lowest BCUT2D eigenvalue weighted by atomic mass is 10.0. The van der Waals surface area contributed by atoms with Crippen LogP contribution in [-0.2, 0) is 19.2 Å². The van der Waals surface area contributed by atoms with Gasteiger partial charge in [-0.25, -0.2) is 0 Å². The summed E-state index contributed by atoms with van der Waals surface area (Å²) in [7, 11) is -2.10. The molecule has 1 aromatic rings. The Bertz CT molecular complexity index is 489. The molecule has 0 amide bonds. The van der Waals surface area contributed by atoms with Gasteiger partial charge in [-0.1, -0.05) is 50.0 Å². The molecule has 124 valence electrons. The predicted molar refractivity (Wildman–Crippen MR) is 97.1 cm³/mol. The van der Waals surface area contributed by atoms with Crippen LogP contribution in [0.15, 0.2) is 30.3 Å². The number of carbonyl (C=O) groups excluding carboxylic acids is 1. The normalized spacial score (nSPS) is 15.2. The summed E-state index contributed by atoms with van der Waals surface area (Å²) < 4.78 is 11.6. The number of esters is 1. The second kappa shape index (κ2) is 7.11. The zero-order valence-corrected chi connectivity index (χ0v) is 17.0. The van der Waals surface area contributed by atoms with E-state index in [1.807, 2.05) is 6.07 Å². The summed E-state index contributed by atoms with van der Waals surface area (Å²) in [6.07, 6.45) is 1.07. The fourth-order valence-electron chi connectivity index (χ4n) is 2.83. The number of hydrogen-bond donors (Lipinski definition) is 0. The Balaban J connectivity index is 3.34. The van der Waals surface area contributed by atoms with E-state index >= 15 is 0 Å². The summed E-state index contributed by atoms with van der Waals surface area (Å²) in [6.45, 7) is 13.6. The first-order chi connectivity index (χ1) is 10.0. The van der Waals surface area contributed by atoms with Crippen molar-refractivity contribution in [3.63, 3.8) is 0 Å². The lowest BCUT2D eigenvalue weighted by Crippen LogP contribution is -2.56. The van der Waals surface area contributed by atoms with Crippen LogP contribution in [0, 0.1) is 0 Å². The van der Waals surface area contributed by atoms with Crippen LogP contribution < -0.4 is 0 Å². The van der Waals surface area contributed by atoms with E-state index in [-0.39, 0.29) is 11.2 Å². The third-order valence-corrected chi connectivity index (χ3v) is 8.07. The van der Waals surface area contributed by atoms with E-state index in [4.69, 9.17) is 9.16 Å². The SMILES string of the molecule is COC(=O)CCC(O[Si](C)(C)C)(c1ccccc1)[Si](C)(C)C. The molecule has 0 N–H and O–H groups in total. The number of benzene rings is 1. The molecule has 0 aliphatic heterocycles. The fraction of sp³-hybridized carbons (Fsp3) is 0.588. The van der Waals surface area contributed by atoms with Gasteiger partial charge in [-0.05, 0) is 31.6 Å². The Hall–Kier alpha value is -0.916. The van der Waals surface area contributed by atoms with Gasteiger partial charge in [-0.3, -0.25) is 4.79 Å². The average Bonchev–Trinajstić information content (AvgIpc) is 2.41. The van der Waals surface area contributed by atoms with Crippen molar-refractivity contribution in [2.24, 2.45) is 0 Å². The maximum atomic E-state index is 11.7. The molecule has 0 radical (unpaired) electrons. The summed E-state index contributed by atoms with van der Waals surface area (Å²) in [5, 5.41) is -0.354. The van der Waals surface area contributed by atoms with E-state index in [1.54, 1.807) is 0 Å². The van der Waals surface area contributed by atoms with Gasteiger partial charge in [0, 0.05) is 6.42 Å². The van der Waals surface area contributed by atoms with Gasteiger partial charge in [0.15, 0.2) is 8.32 Å². The molecule has 0 spiro atoms. The Morgan fingerprint density at radius 2 is 1.59 bits per heavy atom. The molecule has 1 aromatic carbocycles. The maximum Gasteiger partial charge on any atom is 0.305 e. The fourth-order valence-corrected chi connectivity index (χ4v) is 8.14. The van der Waals surface area contributed by atoms with Crippen LogP contribution in [-0.4, -0.2) is 29.5 Å². The van der Waals surface area contributed by atoms with E-state index < -0.39 is 16.4 Å². The summed E-state index contributed by atoms with van der Waals surface area (Å²) in [4.78, 5) is 11.7. The highest BCUT2D eigenvalue weighted by Crippen LogP contribution is 2.42. The molecular weight excluding hydrogens is 308 g/mol. The first-order valence-electron chi connectivity index (χ1n) is 7.84. The highest BCUT2D eigenvalue weighted by Gasteiger charge is 2.48. The van der Waals surface area contributed by atoms with Crippen molar-refractivity contribution in [1.29, 1.82) is 0 Å². The molecule has 0 fully saturated rings. The minimum absolute atomic E-state index is 0.169. The highest BCUT2D eigenvalue weighted by atomic mass is 28.4. The molecular formula is C17H30O3Si2. The number of rotatable bonds is 7. The van der Waals surface area contributed by atoms with Gasteiger partial charge in [-0.15, -0.1) is 0 Å². The van der Waals surface area contributed by atoms with Crippen LogP contribution in [0.4, 0.5) is 0 Å². The molecule has 0 aliphatic carbocycles. The van der Waals surface area contributed by atoms with Gasteiger partial charge in [-0.2, -0.15) is 0 Å². The van der Waals surface area contributed by atoms with E-state index in [2.05, 4.69) is 63.5 Å². The molecule has 1 atom stereocenters. The quantitative estimate of drug-likeness (QED) is 0.540. The van der Waals surface area contributed by atoms with Crippen LogP contribution in [0.2, 0.25) is 39.3 Å². The molecule has 5 heteroatoms. The smallest absolute Gasteiger partial charge is 0.305 e. The van der Waals surface area contributed by atoms with Gasteiger partial charge in [0.25, 0.3) is 0 Å². The zero-order chi connectivity index (χ0) is 17.0. The van der Waals surface area contributed by atoms with Crippen molar-refractivity contribution in [3.8, 4) is 0 Å². The van der Waals surface area contributed by atoms with Crippen LogP contribution in [0.5, 0.6) is 0 Å². The van der Waals surface area contributed by atoms with Crippen molar-refractivity contribution in [3.05, 3.63) is 35.9 Å².